The van der Waals surface area contributed by atoms with Gasteiger partial charge in [-0.2, -0.15) is 0 Å². The van der Waals surface area contributed by atoms with Gasteiger partial charge in [-0.3, -0.25) is 4.98 Å². The Kier molecular flexibility index (Phi) is 2.74. The van der Waals surface area contributed by atoms with Crippen LogP contribution in [0.2, 0.25) is 0 Å². The molecule has 2 unspecified atom stereocenters. The van der Waals surface area contributed by atoms with E-state index >= 15 is 0 Å². The second kappa shape index (κ2) is 3.89. The molecule has 0 aliphatic heterocycles. The monoisotopic (exact) mass is 220 g/mol. The van der Waals surface area contributed by atoms with Crippen molar-refractivity contribution >= 4 is 17.2 Å². The minimum Gasteiger partial charge on any atom is -0.393 e. The maximum absolute atomic E-state index is 5.76. The fraction of sp³-hybridized carbons (Fsp3) is 0.500. The number of aromatic nitrogens is 1. The number of aryl methyl sites for hydroxylation is 1. The van der Waals surface area contributed by atoms with Crippen molar-refractivity contribution in [2.45, 2.75) is 38.5 Å². The minimum atomic E-state index is 0.187. The fourth-order valence-electron chi connectivity index (χ4n) is 2.27. The first-order chi connectivity index (χ1) is 7.09. The largest absolute Gasteiger partial charge is 0.393 e. The number of hydrogen-bond donors (Lipinski definition) is 1. The third kappa shape index (κ3) is 1.88. The maximum Gasteiger partial charge on any atom is 0.0819 e. The molecule has 1 aromatic heterocycles. The van der Waals surface area contributed by atoms with Gasteiger partial charge in [-0.25, -0.2) is 0 Å². The van der Waals surface area contributed by atoms with Crippen molar-refractivity contribution in [3.8, 4) is 0 Å². The second-order valence-electron chi connectivity index (χ2n) is 4.42. The molecule has 0 aromatic carbocycles. The molecule has 80 valence electrons. The molecule has 0 spiro atoms. The van der Waals surface area contributed by atoms with E-state index in [-0.39, 0.29) is 5.92 Å². The molecule has 0 fully saturated rings. The number of nitrogens with two attached hydrogens (primary N) is 1. The van der Waals surface area contributed by atoms with Gasteiger partial charge in [0, 0.05) is 6.20 Å². The zero-order valence-corrected chi connectivity index (χ0v) is 9.97. The molecule has 0 amide bonds. The second-order valence-corrected chi connectivity index (χ2v) is 4.89. The van der Waals surface area contributed by atoms with Gasteiger partial charge < -0.3 is 5.73 Å². The van der Waals surface area contributed by atoms with E-state index in [2.05, 4.69) is 24.9 Å². The van der Waals surface area contributed by atoms with Crippen LogP contribution in [-0.2, 0) is 0 Å². The predicted molar refractivity (Wildman–Crippen MR) is 66.1 cm³/mol. The summed E-state index contributed by atoms with van der Waals surface area (Å²) >= 11 is 5.10. The highest BCUT2D eigenvalue weighted by molar-refractivity contribution is 7.80. The third-order valence-corrected chi connectivity index (χ3v) is 3.46. The minimum absolute atomic E-state index is 0.187. The average Bonchev–Trinajstić information content (AvgIpc) is 2.19. The Balaban J connectivity index is 2.50. The molecule has 0 radical (unpaired) electrons. The van der Waals surface area contributed by atoms with E-state index in [0.717, 1.165) is 18.5 Å². The predicted octanol–water partition coefficient (Wildman–Crippen LogP) is 2.66. The molecule has 1 aromatic rings. The van der Waals surface area contributed by atoms with Crippen LogP contribution in [0.25, 0.3) is 0 Å². The molecular formula is C12H16N2S. The lowest BCUT2D eigenvalue weighted by molar-refractivity contribution is 0.555. The van der Waals surface area contributed by atoms with E-state index < -0.39 is 0 Å². The van der Waals surface area contributed by atoms with Crippen molar-refractivity contribution in [3.63, 3.8) is 0 Å². The Morgan fingerprint density at radius 1 is 1.53 bits per heavy atom. The van der Waals surface area contributed by atoms with Gasteiger partial charge in [0.15, 0.2) is 0 Å². The molecule has 2 rings (SSSR count). The van der Waals surface area contributed by atoms with E-state index in [1.54, 1.807) is 0 Å². The molecule has 0 bridgehead atoms. The topological polar surface area (TPSA) is 38.9 Å². The van der Waals surface area contributed by atoms with Gasteiger partial charge in [-0.05, 0) is 36.8 Å². The number of fused-ring (bicyclic) bond motifs is 1. The van der Waals surface area contributed by atoms with Gasteiger partial charge in [0.05, 0.1) is 16.6 Å². The van der Waals surface area contributed by atoms with Crippen LogP contribution in [-0.4, -0.2) is 9.97 Å². The van der Waals surface area contributed by atoms with Crippen LogP contribution in [0, 0.1) is 6.92 Å². The highest BCUT2D eigenvalue weighted by Gasteiger charge is 2.27. The Bertz CT molecular complexity index is 401. The van der Waals surface area contributed by atoms with Crippen LogP contribution in [0.5, 0.6) is 0 Å². The summed E-state index contributed by atoms with van der Waals surface area (Å²) in [6, 6.07) is 2.22. The highest BCUT2D eigenvalue weighted by Crippen LogP contribution is 2.37. The first-order valence-corrected chi connectivity index (χ1v) is 5.76. The van der Waals surface area contributed by atoms with Crippen molar-refractivity contribution < 1.29 is 0 Å². The summed E-state index contributed by atoms with van der Waals surface area (Å²) in [5, 5.41) is 0. The van der Waals surface area contributed by atoms with Gasteiger partial charge in [-0.15, -0.1) is 0 Å². The summed E-state index contributed by atoms with van der Waals surface area (Å²) in [7, 11) is 0. The van der Waals surface area contributed by atoms with E-state index in [0.29, 0.717) is 10.9 Å². The summed E-state index contributed by atoms with van der Waals surface area (Å²) in [6.07, 6.45) is 4.10. The van der Waals surface area contributed by atoms with Gasteiger partial charge >= 0.3 is 0 Å². The highest BCUT2D eigenvalue weighted by atomic mass is 32.1. The smallest absolute Gasteiger partial charge is 0.0819 e. The molecule has 1 aliphatic rings. The Labute approximate surface area is 95.9 Å². The van der Waals surface area contributed by atoms with Gasteiger partial charge in [-0.1, -0.05) is 25.2 Å². The van der Waals surface area contributed by atoms with E-state index in [1.807, 2.05) is 6.20 Å². The molecule has 2 nitrogen and oxygen atoms in total. The summed E-state index contributed by atoms with van der Waals surface area (Å²) in [6.45, 7) is 4.32. The molecule has 0 saturated carbocycles. The van der Waals surface area contributed by atoms with Crippen molar-refractivity contribution in [1.82, 2.24) is 4.98 Å². The summed E-state index contributed by atoms with van der Waals surface area (Å²) < 4.78 is 0. The number of pyridine rings is 1. The van der Waals surface area contributed by atoms with E-state index in [9.17, 15) is 0 Å². The van der Waals surface area contributed by atoms with Crippen molar-refractivity contribution in [3.05, 3.63) is 29.1 Å². The lowest BCUT2D eigenvalue weighted by Gasteiger charge is -2.28. The molecule has 1 aliphatic carbocycles. The lowest BCUT2D eigenvalue weighted by Crippen LogP contribution is -2.25. The van der Waals surface area contributed by atoms with Crippen molar-refractivity contribution in [2.75, 3.05) is 0 Å². The Morgan fingerprint density at radius 3 is 2.93 bits per heavy atom. The summed E-state index contributed by atoms with van der Waals surface area (Å²) in [4.78, 5) is 5.09. The third-order valence-electron chi connectivity index (χ3n) is 3.18. The fourth-order valence-corrected chi connectivity index (χ4v) is 2.50. The molecule has 0 saturated heterocycles. The van der Waals surface area contributed by atoms with E-state index in [1.165, 1.54) is 11.1 Å². The Morgan fingerprint density at radius 2 is 2.27 bits per heavy atom. The van der Waals surface area contributed by atoms with E-state index in [4.69, 9.17) is 18.0 Å². The Hall–Kier alpha value is -0.960. The van der Waals surface area contributed by atoms with Crippen LogP contribution in [0.15, 0.2) is 12.3 Å². The normalized spacial score (nSPS) is 24.7. The van der Waals surface area contributed by atoms with Gasteiger partial charge in [0.2, 0.25) is 0 Å². The molecule has 2 N–H and O–H groups in total. The number of thiocarbonyl (C=S) groups is 1. The zero-order chi connectivity index (χ0) is 11.0. The van der Waals surface area contributed by atoms with Crippen LogP contribution in [0.3, 0.4) is 0 Å². The summed E-state index contributed by atoms with van der Waals surface area (Å²) in [5.74, 6) is 0.768. The molecule has 1 heterocycles. The standard InChI is InChI=1S/C12H16N2S/c1-7-5-10-8(2)3-4-9(12(13)15)11(10)14-6-7/h5-6,8-9H,3-4H2,1-2H3,(H2,13,15). The number of rotatable bonds is 1. The van der Waals surface area contributed by atoms with Crippen LogP contribution < -0.4 is 5.73 Å². The average molecular weight is 220 g/mol. The first kappa shape index (κ1) is 10.6. The maximum atomic E-state index is 5.76. The van der Waals surface area contributed by atoms with Gasteiger partial charge in [0.1, 0.15) is 0 Å². The zero-order valence-electron chi connectivity index (χ0n) is 9.16. The van der Waals surface area contributed by atoms with Crippen LogP contribution in [0.4, 0.5) is 0 Å². The van der Waals surface area contributed by atoms with Gasteiger partial charge in [0.25, 0.3) is 0 Å². The first-order valence-electron chi connectivity index (χ1n) is 5.35. The van der Waals surface area contributed by atoms with Crippen LogP contribution >= 0.6 is 12.2 Å². The molecule has 3 heteroatoms. The lowest BCUT2D eigenvalue weighted by atomic mass is 9.80. The SMILES string of the molecule is Cc1cnc2c(c1)C(C)CCC2C(N)=S. The molecular weight excluding hydrogens is 204 g/mol. The van der Waals surface area contributed by atoms with Crippen LogP contribution in [0.1, 0.15) is 48.4 Å². The number of nitrogens with zero attached hydrogens (tertiary/aromatic N) is 1. The molecule has 2 atom stereocenters. The summed E-state index contributed by atoms with van der Waals surface area (Å²) in [5.41, 5.74) is 9.41. The number of hydrogen-bond acceptors (Lipinski definition) is 2. The quantitative estimate of drug-likeness (QED) is 0.739. The molecule has 15 heavy (non-hydrogen) atoms. The van der Waals surface area contributed by atoms with Crippen molar-refractivity contribution in [2.24, 2.45) is 5.73 Å². The van der Waals surface area contributed by atoms with Crippen molar-refractivity contribution in [1.29, 1.82) is 0 Å².